The number of ether oxygens (including phenoxy) is 1. The van der Waals surface area contributed by atoms with E-state index in [-0.39, 0.29) is 29.6 Å². The Morgan fingerprint density at radius 1 is 1.26 bits per heavy atom. The number of nitrogens with zero attached hydrogens (tertiary/aromatic N) is 2. The molecule has 0 saturated carbocycles. The van der Waals surface area contributed by atoms with Crippen LogP contribution in [0, 0.1) is 5.82 Å². The number of phenolic OH excluding ortho intramolecular Hbond substituents is 1. The van der Waals surface area contributed by atoms with Crippen molar-refractivity contribution in [3.63, 3.8) is 0 Å². The van der Waals surface area contributed by atoms with Crippen molar-refractivity contribution in [2.24, 2.45) is 7.05 Å². The van der Waals surface area contributed by atoms with E-state index < -0.39 is 11.5 Å². The molecule has 0 saturated heterocycles. The average Bonchev–Trinajstić information content (AvgIpc) is 2.76. The molecule has 0 spiro atoms. The number of phenols is 1. The number of methoxy groups -OCH3 is 1. The van der Waals surface area contributed by atoms with Crippen molar-refractivity contribution < 1.29 is 19.0 Å². The topological polar surface area (TPSA) is 93.5 Å². The molecule has 1 unspecified atom stereocenters. The van der Waals surface area contributed by atoms with Gasteiger partial charge in [0.25, 0.3) is 5.56 Å². The van der Waals surface area contributed by atoms with Gasteiger partial charge >= 0.3 is 0 Å². The van der Waals surface area contributed by atoms with E-state index in [0.29, 0.717) is 27.9 Å². The Bertz CT molecular complexity index is 1210. The first kappa shape index (κ1) is 20.9. The number of fused-ring (bicyclic) bond motifs is 1. The van der Waals surface area contributed by atoms with E-state index in [0.717, 1.165) is 5.56 Å². The van der Waals surface area contributed by atoms with Gasteiger partial charge in [0.05, 0.1) is 12.7 Å². The number of aromatic nitrogens is 2. The van der Waals surface area contributed by atoms with Gasteiger partial charge < -0.3 is 19.7 Å². The predicted octanol–water partition coefficient (Wildman–Crippen LogP) is 3.40. The van der Waals surface area contributed by atoms with Crippen LogP contribution in [0.3, 0.4) is 0 Å². The maximum atomic E-state index is 13.1. The van der Waals surface area contributed by atoms with Crippen LogP contribution in [0.25, 0.3) is 0 Å². The molecule has 1 aliphatic heterocycles. The highest BCUT2D eigenvalue weighted by Gasteiger charge is 2.32. The highest BCUT2D eigenvalue weighted by molar-refractivity contribution is 7.98. The van der Waals surface area contributed by atoms with E-state index in [2.05, 4.69) is 10.3 Å². The second-order valence-corrected chi connectivity index (χ2v) is 8.11. The standard InChI is InChI=1S/C22H20FN3O4S/c1-26-20-19(21(29)25-22(26)31-11-12-3-6-14(23)7-4-12)15(10-18(28)24-20)13-5-8-16(27)17(9-13)30-2/h3-9,15,27H,10-11H2,1-2H3,(H,24,28). The molecule has 31 heavy (non-hydrogen) atoms. The lowest BCUT2D eigenvalue weighted by Gasteiger charge is -2.27. The van der Waals surface area contributed by atoms with Crippen LogP contribution < -0.4 is 15.6 Å². The second-order valence-electron chi connectivity index (χ2n) is 7.17. The van der Waals surface area contributed by atoms with E-state index in [1.807, 2.05) is 0 Å². The summed E-state index contributed by atoms with van der Waals surface area (Å²) in [7, 11) is 3.17. The average molecular weight is 441 g/mol. The van der Waals surface area contributed by atoms with Crippen LogP contribution in [0.5, 0.6) is 11.5 Å². The van der Waals surface area contributed by atoms with Crippen molar-refractivity contribution in [2.75, 3.05) is 12.4 Å². The number of halogens is 1. The maximum absolute atomic E-state index is 13.1. The van der Waals surface area contributed by atoms with Gasteiger partial charge in [-0.05, 0) is 35.4 Å². The molecule has 7 nitrogen and oxygen atoms in total. The summed E-state index contributed by atoms with van der Waals surface area (Å²) < 4.78 is 20.0. The van der Waals surface area contributed by atoms with E-state index in [4.69, 9.17) is 4.74 Å². The smallest absolute Gasteiger partial charge is 0.279 e. The van der Waals surface area contributed by atoms with Crippen molar-refractivity contribution in [1.29, 1.82) is 0 Å². The Balaban J connectivity index is 1.71. The molecule has 3 aromatic rings. The molecule has 9 heteroatoms. The number of anilines is 1. The third-order valence-electron chi connectivity index (χ3n) is 5.19. The minimum absolute atomic E-state index is 0.0229. The van der Waals surface area contributed by atoms with Crippen molar-refractivity contribution in [3.05, 3.63) is 75.3 Å². The number of carbonyl (C=O) groups is 1. The number of thioether (sulfide) groups is 1. The first-order valence-corrected chi connectivity index (χ1v) is 10.5. The molecule has 1 atom stereocenters. The number of rotatable bonds is 5. The fourth-order valence-electron chi connectivity index (χ4n) is 3.59. The Morgan fingerprint density at radius 2 is 2.00 bits per heavy atom. The first-order valence-electron chi connectivity index (χ1n) is 9.52. The molecular formula is C22H20FN3O4S. The molecule has 2 aromatic carbocycles. The van der Waals surface area contributed by atoms with Crippen LogP contribution in [0.4, 0.5) is 10.2 Å². The van der Waals surface area contributed by atoms with Gasteiger partial charge in [0.1, 0.15) is 11.6 Å². The first-order chi connectivity index (χ1) is 14.9. The Hall–Kier alpha value is -3.33. The molecule has 1 amide bonds. The van der Waals surface area contributed by atoms with Gasteiger partial charge in [-0.2, -0.15) is 4.98 Å². The minimum Gasteiger partial charge on any atom is -0.504 e. The summed E-state index contributed by atoms with van der Waals surface area (Å²) in [5.74, 6) is 0.0845. The van der Waals surface area contributed by atoms with Gasteiger partial charge in [0, 0.05) is 25.1 Å². The van der Waals surface area contributed by atoms with Gasteiger partial charge in [-0.15, -0.1) is 0 Å². The van der Waals surface area contributed by atoms with Gasteiger partial charge in [-0.3, -0.25) is 9.59 Å². The Labute approximate surface area is 181 Å². The monoisotopic (exact) mass is 441 g/mol. The lowest BCUT2D eigenvalue weighted by atomic mass is 9.86. The molecule has 0 bridgehead atoms. The van der Waals surface area contributed by atoms with Gasteiger partial charge in [0.2, 0.25) is 5.91 Å². The summed E-state index contributed by atoms with van der Waals surface area (Å²) in [4.78, 5) is 29.7. The highest BCUT2D eigenvalue weighted by Crippen LogP contribution is 2.39. The van der Waals surface area contributed by atoms with Crippen LogP contribution >= 0.6 is 11.8 Å². The number of hydrogen-bond donors (Lipinski definition) is 2. The molecule has 0 radical (unpaired) electrons. The van der Waals surface area contributed by atoms with Crippen molar-refractivity contribution in [3.8, 4) is 11.5 Å². The van der Waals surface area contributed by atoms with Crippen molar-refractivity contribution in [1.82, 2.24) is 9.55 Å². The predicted molar refractivity (Wildman–Crippen MR) is 115 cm³/mol. The van der Waals surface area contributed by atoms with Gasteiger partial charge in [0.15, 0.2) is 16.7 Å². The number of hydrogen-bond acceptors (Lipinski definition) is 6. The summed E-state index contributed by atoms with van der Waals surface area (Å²) >= 11 is 1.32. The lowest BCUT2D eigenvalue weighted by molar-refractivity contribution is -0.116. The largest absolute Gasteiger partial charge is 0.504 e. The molecule has 0 fully saturated rings. The number of benzene rings is 2. The number of carbonyl (C=O) groups excluding carboxylic acids is 1. The molecule has 160 valence electrons. The zero-order valence-electron chi connectivity index (χ0n) is 16.9. The van der Waals surface area contributed by atoms with Crippen molar-refractivity contribution >= 4 is 23.5 Å². The van der Waals surface area contributed by atoms with Crippen molar-refractivity contribution in [2.45, 2.75) is 23.2 Å². The quantitative estimate of drug-likeness (QED) is 0.466. The van der Waals surface area contributed by atoms with Crippen LogP contribution in [-0.4, -0.2) is 27.7 Å². The lowest BCUT2D eigenvalue weighted by Crippen LogP contribution is -2.33. The molecule has 2 N–H and O–H groups in total. The Morgan fingerprint density at radius 3 is 2.71 bits per heavy atom. The van der Waals surface area contributed by atoms with E-state index in [1.165, 1.54) is 37.1 Å². The van der Waals surface area contributed by atoms with E-state index >= 15 is 0 Å². The molecule has 0 aliphatic carbocycles. The van der Waals surface area contributed by atoms with Crippen LogP contribution in [-0.2, 0) is 17.6 Å². The number of nitrogens with one attached hydrogen (secondary N) is 1. The third-order valence-corrected chi connectivity index (χ3v) is 6.29. The van der Waals surface area contributed by atoms with E-state index in [1.54, 1.807) is 35.9 Å². The minimum atomic E-state index is -0.513. The maximum Gasteiger partial charge on any atom is 0.279 e. The second kappa shape index (κ2) is 8.43. The van der Waals surface area contributed by atoms with E-state index in [9.17, 15) is 19.1 Å². The SMILES string of the molecule is COc1cc(C2CC(=O)Nc3c2c(=O)nc(SCc2ccc(F)cc2)n3C)ccc1O. The van der Waals surface area contributed by atoms with Gasteiger partial charge in [-0.1, -0.05) is 30.0 Å². The summed E-state index contributed by atoms with van der Waals surface area (Å²) in [6.45, 7) is 0. The summed E-state index contributed by atoms with van der Waals surface area (Å²) in [6, 6.07) is 10.9. The van der Waals surface area contributed by atoms with Crippen LogP contribution in [0.1, 0.15) is 29.0 Å². The molecular weight excluding hydrogens is 421 g/mol. The van der Waals surface area contributed by atoms with Crippen LogP contribution in [0.15, 0.2) is 52.4 Å². The fraction of sp³-hybridized carbons (Fsp3) is 0.227. The zero-order chi connectivity index (χ0) is 22.1. The van der Waals surface area contributed by atoms with Gasteiger partial charge in [-0.25, -0.2) is 4.39 Å². The molecule has 1 aromatic heterocycles. The molecule has 4 rings (SSSR count). The summed E-state index contributed by atoms with van der Waals surface area (Å²) in [5, 5.41) is 13.1. The molecule has 1 aliphatic rings. The number of amides is 1. The summed E-state index contributed by atoms with van der Waals surface area (Å²) in [5.41, 5.74) is 1.53. The zero-order valence-corrected chi connectivity index (χ0v) is 17.7. The molecule has 2 heterocycles. The number of aromatic hydroxyl groups is 1. The van der Waals surface area contributed by atoms with Crippen LogP contribution in [0.2, 0.25) is 0 Å². The normalized spacial score (nSPS) is 15.3. The fourth-order valence-corrected chi connectivity index (χ4v) is 4.51. The Kier molecular flexibility index (Phi) is 5.69. The third kappa shape index (κ3) is 4.13. The highest BCUT2D eigenvalue weighted by atomic mass is 32.2. The summed E-state index contributed by atoms with van der Waals surface area (Å²) in [6.07, 6.45) is 0.0833.